The zero-order valence-electron chi connectivity index (χ0n) is 13.1. The fraction of sp³-hybridized carbons (Fsp3) is 0.400. The summed E-state index contributed by atoms with van der Waals surface area (Å²) >= 11 is 0. The number of fused-ring (bicyclic) bond motifs is 1. The van der Waals surface area contributed by atoms with E-state index in [4.69, 9.17) is 5.11 Å². The summed E-state index contributed by atoms with van der Waals surface area (Å²) in [5, 5.41) is 11.9. The Kier molecular flexibility index (Phi) is 4.34. The summed E-state index contributed by atoms with van der Waals surface area (Å²) in [4.78, 5) is 29.2. The molecule has 24 heavy (non-hydrogen) atoms. The second-order valence-corrected chi connectivity index (χ2v) is 5.38. The molecule has 3 rings (SSSR count). The molecule has 3 heterocycles. The van der Waals surface area contributed by atoms with Gasteiger partial charge >= 0.3 is 6.16 Å². The number of ether oxygens (including phenoxy) is 1. The first-order valence-corrected chi connectivity index (χ1v) is 7.61. The number of nitrogens with one attached hydrogen (secondary N) is 1. The summed E-state index contributed by atoms with van der Waals surface area (Å²) in [5.41, 5.74) is -0.398. The molecule has 0 aromatic carbocycles. The van der Waals surface area contributed by atoms with Gasteiger partial charge in [0.1, 0.15) is 5.65 Å². The third-order valence-electron chi connectivity index (χ3n) is 3.91. The number of hydrogen-bond acceptors (Lipinski definition) is 6. The molecule has 8 nitrogen and oxygen atoms in total. The van der Waals surface area contributed by atoms with Crippen LogP contribution in [-0.2, 0) is 6.54 Å². The average molecular weight is 336 g/mol. The fourth-order valence-corrected chi connectivity index (χ4v) is 2.76. The van der Waals surface area contributed by atoms with Gasteiger partial charge in [-0.05, 0) is 13.0 Å². The molecule has 1 aliphatic heterocycles. The first kappa shape index (κ1) is 16.2. The largest absolute Gasteiger partial charge is 0.511 e. The maximum atomic E-state index is 14.5. The normalized spacial score (nSPS) is 14.8. The lowest BCUT2D eigenvalue weighted by Gasteiger charge is -2.29. The number of pyridine rings is 2. The quantitative estimate of drug-likeness (QED) is 0.808. The predicted octanol–water partition coefficient (Wildman–Crippen LogP) is 1.02. The van der Waals surface area contributed by atoms with E-state index in [2.05, 4.69) is 15.0 Å². The molecule has 2 aromatic heterocycles. The summed E-state index contributed by atoms with van der Waals surface area (Å²) in [6.45, 7) is 4.92. The first-order valence-electron chi connectivity index (χ1n) is 7.61. The summed E-state index contributed by atoms with van der Waals surface area (Å²) in [5.74, 6) is -0.790. The molecule has 128 valence electrons. The third kappa shape index (κ3) is 2.90. The van der Waals surface area contributed by atoms with Crippen LogP contribution >= 0.6 is 0 Å². The van der Waals surface area contributed by atoms with E-state index >= 15 is 0 Å². The van der Waals surface area contributed by atoms with Crippen LogP contribution in [-0.4, -0.2) is 47.0 Å². The highest BCUT2D eigenvalue weighted by molar-refractivity contribution is 5.79. The van der Waals surface area contributed by atoms with E-state index in [0.717, 1.165) is 19.2 Å². The van der Waals surface area contributed by atoms with Crippen LogP contribution in [0.5, 0.6) is 5.75 Å². The molecule has 0 radical (unpaired) electrons. The van der Waals surface area contributed by atoms with Crippen molar-refractivity contribution in [1.29, 1.82) is 0 Å². The molecular formula is C15H17FN4O4. The van der Waals surface area contributed by atoms with Crippen LogP contribution in [0.1, 0.15) is 6.92 Å². The van der Waals surface area contributed by atoms with Crippen molar-refractivity contribution < 1.29 is 19.0 Å². The second-order valence-electron chi connectivity index (χ2n) is 5.38. The Bertz CT molecular complexity index is 845. The van der Waals surface area contributed by atoms with Crippen LogP contribution in [0.2, 0.25) is 0 Å². The minimum Gasteiger partial charge on any atom is -0.449 e. The molecular weight excluding hydrogens is 319 g/mol. The van der Waals surface area contributed by atoms with Crippen LogP contribution < -0.4 is 20.4 Å². The van der Waals surface area contributed by atoms with Crippen molar-refractivity contribution in [3.05, 3.63) is 28.3 Å². The van der Waals surface area contributed by atoms with E-state index in [1.807, 2.05) is 11.8 Å². The Morgan fingerprint density at radius 1 is 1.46 bits per heavy atom. The van der Waals surface area contributed by atoms with Gasteiger partial charge in [0.05, 0.1) is 11.6 Å². The molecule has 2 N–H and O–H groups in total. The van der Waals surface area contributed by atoms with Gasteiger partial charge < -0.3 is 24.6 Å². The Hall–Kier alpha value is -2.68. The number of rotatable bonds is 3. The van der Waals surface area contributed by atoms with Crippen LogP contribution in [0.25, 0.3) is 11.0 Å². The van der Waals surface area contributed by atoms with E-state index in [0.29, 0.717) is 25.3 Å². The van der Waals surface area contributed by atoms with Crippen LogP contribution in [0.4, 0.5) is 15.0 Å². The van der Waals surface area contributed by atoms with Gasteiger partial charge in [-0.25, -0.2) is 14.2 Å². The average Bonchev–Trinajstić information content (AvgIpc) is 2.57. The van der Waals surface area contributed by atoms with Crippen molar-refractivity contribution in [3.63, 3.8) is 0 Å². The lowest BCUT2D eigenvalue weighted by atomic mass is 10.2. The molecule has 0 unspecified atom stereocenters. The summed E-state index contributed by atoms with van der Waals surface area (Å²) in [6.07, 6.45) is -0.314. The molecule has 0 amide bonds. The van der Waals surface area contributed by atoms with Gasteiger partial charge in [0.25, 0.3) is 0 Å². The van der Waals surface area contributed by atoms with E-state index in [1.54, 1.807) is 4.57 Å². The molecule has 0 aliphatic carbocycles. The smallest absolute Gasteiger partial charge is 0.449 e. The van der Waals surface area contributed by atoms with Crippen molar-refractivity contribution in [2.75, 3.05) is 31.1 Å². The van der Waals surface area contributed by atoms with Gasteiger partial charge in [0.2, 0.25) is 5.43 Å². The van der Waals surface area contributed by atoms with Crippen molar-refractivity contribution >= 4 is 23.0 Å². The highest BCUT2D eigenvalue weighted by Gasteiger charge is 2.20. The van der Waals surface area contributed by atoms with Gasteiger partial charge in [0, 0.05) is 32.7 Å². The first-order chi connectivity index (χ1) is 11.5. The number of nitrogens with zero attached hydrogens (tertiary/aromatic N) is 3. The van der Waals surface area contributed by atoms with Crippen LogP contribution in [0.3, 0.4) is 0 Å². The number of carbonyl (C=O) groups is 1. The SMILES string of the molecule is CCn1cc(OC(=O)O)c(=O)c2cc(F)c(N3CCNCC3)nc21. The van der Waals surface area contributed by atoms with Crippen molar-refractivity contribution in [2.45, 2.75) is 13.5 Å². The Balaban J connectivity index is 2.18. The zero-order chi connectivity index (χ0) is 17.3. The van der Waals surface area contributed by atoms with Crippen LogP contribution in [0, 0.1) is 5.82 Å². The number of piperazine rings is 1. The number of halogens is 1. The standard InChI is InChI=1S/C15H17FN4O4/c1-2-19-8-11(24-15(22)23)12(21)9-7-10(16)14(18-13(9)19)20-5-3-17-4-6-20/h7-8,17H,2-6H2,1H3,(H,22,23). The van der Waals surface area contributed by atoms with Gasteiger partial charge in [-0.2, -0.15) is 0 Å². The Morgan fingerprint density at radius 2 is 2.17 bits per heavy atom. The monoisotopic (exact) mass is 336 g/mol. The highest BCUT2D eigenvalue weighted by atomic mass is 19.1. The maximum Gasteiger partial charge on any atom is 0.511 e. The minimum atomic E-state index is -1.60. The number of anilines is 1. The zero-order valence-corrected chi connectivity index (χ0v) is 13.1. The van der Waals surface area contributed by atoms with E-state index in [1.165, 1.54) is 6.20 Å². The molecule has 1 aliphatic rings. The van der Waals surface area contributed by atoms with E-state index in [9.17, 15) is 14.0 Å². The lowest BCUT2D eigenvalue weighted by Crippen LogP contribution is -2.44. The van der Waals surface area contributed by atoms with Crippen molar-refractivity contribution in [2.24, 2.45) is 0 Å². The fourth-order valence-electron chi connectivity index (χ4n) is 2.76. The third-order valence-corrected chi connectivity index (χ3v) is 3.91. The van der Waals surface area contributed by atoms with Gasteiger partial charge in [-0.15, -0.1) is 0 Å². The topological polar surface area (TPSA) is 96.7 Å². The summed E-state index contributed by atoms with van der Waals surface area (Å²) in [7, 11) is 0. The Labute approximate surface area is 136 Å². The summed E-state index contributed by atoms with van der Waals surface area (Å²) in [6, 6.07) is 1.10. The number of aromatic nitrogens is 2. The molecule has 2 aromatic rings. The minimum absolute atomic E-state index is 0.00742. The summed E-state index contributed by atoms with van der Waals surface area (Å²) < 4.78 is 20.6. The number of hydrogen-bond donors (Lipinski definition) is 2. The predicted molar refractivity (Wildman–Crippen MR) is 85.4 cm³/mol. The van der Waals surface area contributed by atoms with Crippen LogP contribution in [0.15, 0.2) is 17.1 Å². The molecule has 0 atom stereocenters. The number of aryl methyl sites for hydroxylation is 1. The van der Waals surface area contributed by atoms with Gasteiger partial charge in [-0.3, -0.25) is 4.79 Å². The number of carboxylic acid groups (broad SMARTS) is 1. The molecule has 0 spiro atoms. The Morgan fingerprint density at radius 3 is 2.79 bits per heavy atom. The molecule has 0 bridgehead atoms. The lowest BCUT2D eigenvalue weighted by molar-refractivity contribution is 0.144. The van der Waals surface area contributed by atoms with Gasteiger partial charge in [-0.1, -0.05) is 0 Å². The molecule has 0 saturated carbocycles. The van der Waals surface area contributed by atoms with E-state index in [-0.39, 0.29) is 17.0 Å². The van der Waals surface area contributed by atoms with E-state index < -0.39 is 17.4 Å². The molecule has 1 saturated heterocycles. The molecule has 1 fully saturated rings. The second kappa shape index (κ2) is 6.44. The van der Waals surface area contributed by atoms with Crippen molar-refractivity contribution in [1.82, 2.24) is 14.9 Å². The highest BCUT2D eigenvalue weighted by Crippen LogP contribution is 2.23. The van der Waals surface area contributed by atoms with Crippen molar-refractivity contribution in [3.8, 4) is 5.75 Å². The maximum absolute atomic E-state index is 14.5. The molecule has 9 heteroatoms. The van der Waals surface area contributed by atoms with Gasteiger partial charge in [0.15, 0.2) is 17.4 Å².